The van der Waals surface area contributed by atoms with Crippen molar-refractivity contribution in [1.82, 2.24) is 0 Å². The molecule has 3 nitrogen and oxygen atoms in total. The van der Waals surface area contributed by atoms with Crippen LogP contribution < -0.4 is 5.32 Å². The molecule has 2 unspecified atom stereocenters. The van der Waals surface area contributed by atoms with Gasteiger partial charge in [0, 0.05) is 18.2 Å². The molecule has 3 heteroatoms. The van der Waals surface area contributed by atoms with Gasteiger partial charge in [-0.05, 0) is 49.8 Å². The molecule has 2 atom stereocenters. The van der Waals surface area contributed by atoms with Crippen LogP contribution >= 0.6 is 0 Å². The summed E-state index contributed by atoms with van der Waals surface area (Å²) in [4.78, 5) is 12.4. The van der Waals surface area contributed by atoms with Crippen molar-refractivity contribution in [1.29, 1.82) is 0 Å². The molecule has 0 aromatic heterocycles. The number of rotatable bonds is 3. The molecule has 0 heterocycles. The van der Waals surface area contributed by atoms with E-state index in [1.165, 1.54) is 0 Å². The molecule has 1 amide bonds. The summed E-state index contributed by atoms with van der Waals surface area (Å²) in [5, 5.41) is 12.4. The topological polar surface area (TPSA) is 49.3 Å². The Morgan fingerprint density at radius 2 is 2.05 bits per heavy atom. The molecule has 19 heavy (non-hydrogen) atoms. The molecule has 0 spiro atoms. The number of hydrogen-bond donors (Lipinski definition) is 2. The first-order valence-electron chi connectivity index (χ1n) is 7.11. The van der Waals surface area contributed by atoms with Crippen molar-refractivity contribution in [2.24, 2.45) is 11.8 Å². The lowest BCUT2D eigenvalue weighted by molar-refractivity contribution is -0.123. The average molecular weight is 261 g/mol. The van der Waals surface area contributed by atoms with Crippen LogP contribution in [0, 0.1) is 25.7 Å². The Balaban J connectivity index is 2.09. The van der Waals surface area contributed by atoms with Gasteiger partial charge in [0.15, 0.2) is 0 Å². The number of benzene rings is 1. The maximum atomic E-state index is 12.4. The normalized spacial score (nSPS) is 23.1. The summed E-state index contributed by atoms with van der Waals surface area (Å²) >= 11 is 0. The van der Waals surface area contributed by atoms with Crippen molar-refractivity contribution in [3.05, 3.63) is 29.3 Å². The fourth-order valence-electron chi connectivity index (χ4n) is 2.87. The van der Waals surface area contributed by atoms with Crippen LogP contribution in [-0.4, -0.2) is 17.6 Å². The van der Waals surface area contributed by atoms with E-state index in [2.05, 4.69) is 5.32 Å². The fraction of sp³-hybridized carbons (Fsp3) is 0.562. The van der Waals surface area contributed by atoms with E-state index in [1.807, 2.05) is 32.0 Å². The first-order valence-corrected chi connectivity index (χ1v) is 7.11. The summed E-state index contributed by atoms with van der Waals surface area (Å²) < 4.78 is 0. The van der Waals surface area contributed by atoms with Crippen LogP contribution in [0.25, 0.3) is 0 Å². The number of nitrogens with one attached hydrogen (secondary N) is 1. The van der Waals surface area contributed by atoms with Gasteiger partial charge >= 0.3 is 0 Å². The Hall–Kier alpha value is -1.35. The fourth-order valence-corrected chi connectivity index (χ4v) is 2.87. The molecular formula is C16H23NO2. The maximum Gasteiger partial charge on any atom is 0.227 e. The molecule has 0 aliphatic heterocycles. The Morgan fingerprint density at radius 1 is 1.32 bits per heavy atom. The van der Waals surface area contributed by atoms with E-state index in [0.717, 1.165) is 42.5 Å². The van der Waals surface area contributed by atoms with Crippen LogP contribution in [-0.2, 0) is 4.79 Å². The van der Waals surface area contributed by atoms with Crippen LogP contribution in [0.3, 0.4) is 0 Å². The third kappa shape index (κ3) is 3.35. The van der Waals surface area contributed by atoms with Gasteiger partial charge in [-0.1, -0.05) is 25.0 Å². The summed E-state index contributed by atoms with van der Waals surface area (Å²) in [6.45, 7) is 4.14. The largest absolute Gasteiger partial charge is 0.396 e. The zero-order valence-corrected chi connectivity index (χ0v) is 11.8. The molecule has 1 fully saturated rings. The molecule has 2 rings (SSSR count). The zero-order valence-electron chi connectivity index (χ0n) is 11.8. The minimum absolute atomic E-state index is 0.0429. The second-order valence-corrected chi connectivity index (χ2v) is 5.64. The lowest BCUT2D eigenvalue weighted by Crippen LogP contribution is -2.33. The molecule has 2 N–H and O–H groups in total. The highest BCUT2D eigenvalue weighted by molar-refractivity contribution is 5.93. The van der Waals surface area contributed by atoms with E-state index in [1.54, 1.807) is 0 Å². The maximum absolute atomic E-state index is 12.4. The predicted molar refractivity (Wildman–Crippen MR) is 77.1 cm³/mol. The minimum Gasteiger partial charge on any atom is -0.396 e. The highest BCUT2D eigenvalue weighted by Gasteiger charge is 2.30. The van der Waals surface area contributed by atoms with Crippen molar-refractivity contribution in [2.75, 3.05) is 11.9 Å². The monoisotopic (exact) mass is 261 g/mol. The van der Waals surface area contributed by atoms with E-state index in [4.69, 9.17) is 0 Å². The van der Waals surface area contributed by atoms with Gasteiger partial charge < -0.3 is 10.4 Å². The van der Waals surface area contributed by atoms with Crippen molar-refractivity contribution < 1.29 is 9.90 Å². The number of aliphatic hydroxyl groups excluding tert-OH is 1. The molecule has 1 aliphatic carbocycles. The van der Waals surface area contributed by atoms with Gasteiger partial charge in [0.05, 0.1) is 0 Å². The van der Waals surface area contributed by atoms with Crippen LogP contribution in [0.1, 0.15) is 36.8 Å². The Labute approximate surface area is 115 Å². The summed E-state index contributed by atoms with van der Waals surface area (Å²) in [7, 11) is 0. The number of aryl methyl sites for hydroxylation is 2. The zero-order chi connectivity index (χ0) is 13.8. The van der Waals surface area contributed by atoms with Crippen LogP contribution in [0.5, 0.6) is 0 Å². The van der Waals surface area contributed by atoms with E-state index in [-0.39, 0.29) is 24.3 Å². The first kappa shape index (κ1) is 14.1. The van der Waals surface area contributed by atoms with Crippen molar-refractivity contribution in [2.45, 2.75) is 39.5 Å². The van der Waals surface area contributed by atoms with Crippen molar-refractivity contribution in [3.63, 3.8) is 0 Å². The molecule has 104 valence electrons. The van der Waals surface area contributed by atoms with Gasteiger partial charge in [-0.3, -0.25) is 4.79 Å². The number of amides is 1. The number of carbonyl (C=O) groups is 1. The Kier molecular flexibility index (Phi) is 4.59. The van der Waals surface area contributed by atoms with E-state index in [0.29, 0.717) is 0 Å². The third-order valence-electron chi connectivity index (χ3n) is 4.13. The Bertz CT molecular complexity index is 456. The molecule has 1 aromatic carbocycles. The molecule has 0 bridgehead atoms. The number of hydrogen-bond acceptors (Lipinski definition) is 2. The van der Waals surface area contributed by atoms with Gasteiger partial charge in [-0.2, -0.15) is 0 Å². The highest BCUT2D eigenvalue weighted by Crippen LogP contribution is 2.31. The number of aliphatic hydroxyl groups is 1. The Morgan fingerprint density at radius 3 is 2.79 bits per heavy atom. The second-order valence-electron chi connectivity index (χ2n) is 5.64. The molecule has 1 aliphatic rings. The van der Waals surface area contributed by atoms with Crippen LogP contribution in [0.4, 0.5) is 5.69 Å². The number of anilines is 1. The van der Waals surface area contributed by atoms with E-state index in [9.17, 15) is 9.90 Å². The van der Waals surface area contributed by atoms with E-state index < -0.39 is 0 Å². The lowest BCUT2D eigenvalue weighted by atomic mass is 9.79. The van der Waals surface area contributed by atoms with Crippen molar-refractivity contribution >= 4 is 11.6 Å². The van der Waals surface area contributed by atoms with Crippen molar-refractivity contribution in [3.8, 4) is 0 Å². The average Bonchev–Trinajstić information content (AvgIpc) is 2.42. The van der Waals surface area contributed by atoms with E-state index >= 15 is 0 Å². The van der Waals surface area contributed by atoms with Crippen LogP contribution in [0.15, 0.2) is 18.2 Å². The first-order chi connectivity index (χ1) is 9.11. The van der Waals surface area contributed by atoms with Gasteiger partial charge in [0.25, 0.3) is 0 Å². The number of carbonyl (C=O) groups excluding carboxylic acids is 1. The molecule has 0 saturated heterocycles. The predicted octanol–water partition coefficient (Wildman–Crippen LogP) is 3.04. The molecule has 1 aromatic rings. The SMILES string of the molecule is Cc1ccc(C)c(NC(=O)C2CCCCC2CO)c1. The summed E-state index contributed by atoms with van der Waals surface area (Å²) in [5.74, 6) is 0.143. The lowest BCUT2D eigenvalue weighted by Gasteiger charge is -2.29. The van der Waals surface area contributed by atoms with Gasteiger partial charge in [0.1, 0.15) is 0 Å². The van der Waals surface area contributed by atoms with Gasteiger partial charge in [-0.15, -0.1) is 0 Å². The summed E-state index contributed by atoms with van der Waals surface area (Å²) in [6.07, 6.45) is 4.06. The second kappa shape index (κ2) is 6.20. The quantitative estimate of drug-likeness (QED) is 0.878. The molecule has 0 radical (unpaired) electrons. The minimum atomic E-state index is -0.0429. The third-order valence-corrected chi connectivity index (χ3v) is 4.13. The highest BCUT2D eigenvalue weighted by atomic mass is 16.3. The van der Waals surface area contributed by atoms with Gasteiger partial charge in [0.2, 0.25) is 5.91 Å². The smallest absolute Gasteiger partial charge is 0.227 e. The van der Waals surface area contributed by atoms with Gasteiger partial charge in [-0.25, -0.2) is 0 Å². The standard InChI is InChI=1S/C16H23NO2/c1-11-7-8-12(2)15(9-11)17-16(19)14-6-4-3-5-13(14)10-18/h7-9,13-14,18H,3-6,10H2,1-2H3,(H,17,19). The summed E-state index contributed by atoms with van der Waals surface area (Å²) in [5.41, 5.74) is 3.12. The molecule has 1 saturated carbocycles. The van der Waals surface area contributed by atoms with Crippen LogP contribution in [0.2, 0.25) is 0 Å². The molecular weight excluding hydrogens is 238 g/mol. The summed E-state index contributed by atoms with van der Waals surface area (Å²) in [6, 6.07) is 6.07.